The van der Waals surface area contributed by atoms with Crippen LogP contribution in [0, 0.1) is 0 Å². The summed E-state index contributed by atoms with van der Waals surface area (Å²) in [7, 11) is 0. The molecule has 25 heavy (non-hydrogen) atoms. The normalized spacial score (nSPS) is 22.8. The topological polar surface area (TPSA) is 64.1 Å². The Labute approximate surface area is 153 Å². The van der Waals surface area contributed by atoms with Crippen LogP contribution in [0.25, 0.3) is 0 Å². The molecule has 6 heteroatoms. The van der Waals surface area contributed by atoms with Crippen LogP contribution in [0.1, 0.15) is 58.3 Å². The van der Waals surface area contributed by atoms with Gasteiger partial charge in [-0.3, -0.25) is 4.99 Å². The van der Waals surface area contributed by atoms with Gasteiger partial charge in [0.15, 0.2) is 5.96 Å². The average Bonchev–Trinajstić information content (AvgIpc) is 3.00. The first kappa shape index (κ1) is 20.5. The highest BCUT2D eigenvalue weighted by atomic mass is 16.5. The monoisotopic (exact) mass is 355 g/mol. The molecule has 0 aromatic carbocycles. The van der Waals surface area contributed by atoms with Crippen LogP contribution >= 0.6 is 0 Å². The lowest BCUT2D eigenvalue weighted by atomic mass is 10.1. The Bertz CT molecular complexity index is 352. The van der Waals surface area contributed by atoms with Crippen molar-refractivity contribution in [2.75, 3.05) is 46.1 Å². The molecule has 2 aliphatic rings. The zero-order valence-electron chi connectivity index (χ0n) is 15.9. The minimum Gasteiger partial charge on any atom is -0.379 e. The van der Waals surface area contributed by atoms with Gasteiger partial charge in [-0.2, -0.15) is 0 Å². The molecular weight excluding hydrogens is 318 g/mol. The molecule has 0 amide bonds. The number of guanidine groups is 1. The molecule has 1 aliphatic carbocycles. The zero-order chi connectivity index (χ0) is 17.6. The molecule has 0 spiro atoms. The highest BCUT2D eigenvalue weighted by Crippen LogP contribution is 2.19. The number of nitrogens with zero attached hydrogens (tertiary/aromatic N) is 1. The first-order valence-corrected chi connectivity index (χ1v) is 10.2. The summed E-state index contributed by atoms with van der Waals surface area (Å²) < 4.78 is 17.1. The third kappa shape index (κ3) is 9.42. The molecule has 6 nitrogen and oxygen atoms in total. The Morgan fingerprint density at radius 1 is 1.00 bits per heavy atom. The Morgan fingerprint density at radius 3 is 2.52 bits per heavy atom. The molecule has 1 heterocycles. The fourth-order valence-corrected chi connectivity index (χ4v) is 3.30. The van der Waals surface area contributed by atoms with Gasteiger partial charge in [-0.15, -0.1) is 0 Å². The Balaban J connectivity index is 1.53. The van der Waals surface area contributed by atoms with Gasteiger partial charge < -0.3 is 24.8 Å². The Morgan fingerprint density at radius 2 is 1.80 bits per heavy atom. The van der Waals surface area contributed by atoms with Crippen molar-refractivity contribution in [3.8, 4) is 0 Å². The van der Waals surface area contributed by atoms with Crippen molar-refractivity contribution < 1.29 is 14.2 Å². The van der Waals surface area contributed by atoms with Gasteiger partial charge in [-0.25, -0.2) is 0 Å². The van der Waals surface area contributed by atoms with Crippen molar-refractivity contribution in [2.45, 2.75) is 70.5 Å². The molecule has 1 saturated carbocycles. The summed E-state index contributed by atoms with van der Waals surface area (Å²) in [6.45, 7) is 7.61. The van der Waals surface area contributed by atoms with Crippen molar-refractivity contribution in [1.82, 2.24) is 10.6 Å². The van der Waals surface area contributed by atoms with E-state index in [1.807, 2.05) is 0 Å². The van der Waals surface area contributed by atoms with Gasteiger partial charge in [0.1, 0.15) is 0 Å². The van der Waals surface area contributed by atoms with Crippen molar-refractivity contribution in [2.24, 2.45) is 4.99 Å². The van der Waals surface area contributed by atoms with Crippen LogP contribution in [-0.4, -0.2) is 64.2 Å². The molecule has 1 saturated heterocycles. The summed E-state index contributed by atoms with van der Waals surface area (Å²) in [5.41, 5.74) is 0. The molecule has 0 bridgehead atoms. The summed E-state index contributed by atoms with van der Waals surface area (Å²) >= 11 is 0. The second-order valence-corrected chi connectivity index (χ2v) is 6.88. The van der Waals surface area contributed by atoms with Crippen LogP contribution < -0.4 is 10.6 Å². The van der Waals surface area contributed by atoms with Crippen LogP contribution in [0.4, 0.5) is 0 Å². The molecule has 2 rings (SSSR count). The molecule has 0 aromatic rings. The summed E-state index contributed by atoms with van der Waals surface area (Å²) in [4.78, 5) is 4.60. The van der Waals surface area contributed by atoms with Crippen LogP contribution in [0.15, 0.2) is 4.99 Å². The van der Waals surface area contributed by atoms with E-state index in [1.54, 1.807) is 0 Å². The predicted octanol–water partition coefficient (Wildman–Crippen LogP) is 2.48. The predicted molar refractivity (Wildman–Crippen MR) is 101 cm³/mol. The van der Waals surface area contributed by atoms with Gasteiger partial charge in [-0.05, 0) is 32.6 Å². The van der Waals surface area contributed by atoms with E-state index in [2.05, 4.69) is 22.5 Å². The Hall–Kier alpha value is -0.850. The molecule has 2 N–H and O–H groups in total. The van der Waals surface area contributed by atoms with Gasteiger partial charge in [-0.1, -0.05) is 25.7 Å². The van der Waals surface area contributed by atoms with Crippen molar-refractivity contribution >= 4 is 5.96 Å². The third-order valence-corrected chi connectivity index (χ3v) is 4.71. The van der Waals surface area contributed by atoms with Crippen molar-refractivity contribution in [1.29, 1.82) is 0 Å². The van der Waals surface area contributed by atoms with E-state index in [1.165, 1.54) is 38.5 Å². The lowest BCUT2D eigenvalue weighted by Gasteiger charge is -2.16. The third-order valence-electron chi connectivity index (χ3n) is 4.71. The molecule has 1 atom stereocenters. The quantitative estimate of drug-likeness (QED) is 0.273. The number of ether oxygens (including phenoxy) is 3. The molecule has 0 radical (unpaired) electrons. The van der Waals surface area contributed by atoms with E-state index in [9.17, 15) is 0 Å². The minimum atomic E-state index is 0.288. The highest BCUT2D eigenvalue weighted by Gasteiger charge is 2.15. The number of nitrogens with one attached hydrogen (secondary N) is 2. The summed E-state index contributed by atoms with van der Waals surface area (Å²) in [5.74, 6) is 0.871. The van der Waals surface area contributed by atoms with E-state index in [4.69, 9.17) is 14.2 Å². The largest absolute Gasteiger partial charge is 0.379 e. The van der Waals surface area contributed by atoms with E-state index in [-0.39, 0.29) is 6.10 Å². The summed E-state index contributed by atoms with van der Waals surface area (Å²) in [6.07, 6.45) is 10.5. The van der Waals surface area contributed by atoms with Gasteiger partial charge in [0.25, 0.3) is 0 Å². The van der Waals surface area contributed by atoms with Crippen LogP contribution in [0.5, 0.6) is 0 Å². The van der Waals surface area contributed by atoms with E-state index >= 15 is 0 Å². The second-order valence-electron chi connectivity index (χ2n) is 6.88. The van der Waals surface area contributed by atoms with Gasteiger partial charge in [0.2, 0.25) is 0 Å². The molecule has 1 aliphatic heterocycles. The lowest BCUT2D eigenvalue weighted by molar-refractivity contribution is 0.0423. The summed E-state index contributed by atoms with van der Waals surface area (Å²) in [6, 6.07) is 0. The molecular formula is C19H37N3O3. The SMILES string of the molecule is CCNC(=NCCCOC1CCOC1)NCCOC1CCCCCC1. The lowest BCUT2D eigenvalue weighted by Crippen LogP contribution is -2.39. The van der Waals surface area contributed by atoms with Crippen LogP contribution in [0.3, 0.4) is 0 Å². The van der Waals surface area contributed by atoms with Crippen LogP contribution in [-0.2, 0) is 14.2 Å². The van der Waals surface area contributed by atoms with Crippen LogP contribution in [0.2, 0.25) is 0 Å². The molecule has 1 unspecified atom stereocenters. The molecule has 0 aromatic heterocycles. The second kappa shape index (κ2) is 13.4. The van der Waals surface area contributed by atoms with E-state index in [0.29, 0.717) is 6.10 Å². The van der Waals surface area contributed by atoms with E-state index < -0.39 is 0 Å². The number of rotatable bonds is 10. The summed E-state index contributed by atoms with van der Waals surface area (Å²) in [5, 5.41) is 6.65. The first-order valence-electron chi connectivity index (χ1n) is 10.2. The smallest absolute Gasteiger partial charge is 0.191 e. The maximum absolute atomic E-state index is 6.01. The zero-order valence-corrected chi connectivity index (χ0v) is 15.9. The fraction of sp³-hybridized carbons (Fsp3) is 0.947. The Kier molecular flexibility index (Phi) is 10.9. The van der Waals surface area contributed by atoms with Gasteiger partial charge >= 0.3 is 0 Å². The fourth-order valence-electron chi connectivity index (χ4n) is 3.30. The van der Waals surface area contributed by atoms with E-state index in [0.717, 1.165) is 64.9 Å². The number of hydrogen-bond acceptors (Lipinski definition) is 4. The van der Waals surface area contributed by atoms with Crippen molar-refractivity contribution in [3.05, 3.63) is 0 Å². The minimum absolute atomic E-state index is 0.288. The molecule has 146 valence electrons. The van der Waals surface area contributed by atoms with Gasteiger partial charge in [0.05, 0.1) is 25.4 Å². The van der Waals surface area contributed by atoms with Gasteiger partial charge in [0, 0.05) is 32.8 Å². The maximum Gasteiger partial charge on any atom is 0.191 e. The standard InChI is InChI=1S/C19H37N3O3/c1-2-20-19(21-11-7-13-24-18-10-14-23-16-18)22-12-15-25-17-8-5-3-4-6-9-17/h17-18H,2-16H2,1H3,(H2,20,21,22). The highest BCUT2D eigenvalue weighted by molar-refractivity contribution is 5.79. The average molecular weight is 356 g/mol. The number of aliphatic imine (C=N–C) groups is 1. The number of hydrogen-bond donors (Lipinski definition) is 2. The maximum atomic E-state index is 6.01. The first-order chi connectivity index (χ1) is 12.4. The van der Waals surface area contributed by atoms with Crippen molar-refractivity contribution in [3.63, 3.8) is 0 Å². The molecule has 2 fully saturated rings.